The predicted molar refractivity (Wildman–Crippen MR) is 59.0 cm³/mol. The van der Waals surface area contributed by atoms with Crippen LogP contribution >= 0.6 is 15.9 Å². The van der Waals surface area contributed by atoms with Crippen molar-refractivity contribution in [2.75, 3.05) is 18.5 Å². The number of aliphatic hydroxyl groups is 1. The summed E-state index contributed by atoms with van der Waals surface area (Å²) < 4.78 is 1.04. The van der Waals surface area contributed by atoms with Crippen LogP contribution < -0.4 is 4.90 Å². The van der Waals surface area contributed by atoms with Crippen LogP contribution in [0.3, 0.4) is 0 Å². The van der Waals surface area contributed by atoms with Gasteiger partial charge in [-0.15, -0.1) is 0 Å². The lowest BCUT2D eigenvalue weighted by molar-refractivity contribution is 0.282. The maximum Gasteiger partial charge on any atom is 0.0702 e. The van der Waals surface area contributed by atoms with Crippen LogP contribution in [0, 0.1) is 0 Å². The van der Waals surface area contributed by atoms with Gasteiger partial charge >= 0.3 is 0 Å². The predicted octanol–water partition coefficient (Wildman–Crippen LogP) is 2.40. The van der Waals surface area contributed by atoms with Crippen molar-refractivity contribution in [1.82, 2.24) is 0 Å². The molecule has 0 bridgehead atoms. The molecule has 0 unspecified atom stereocenters. The number of anilines is 1. The molecule has 1 aromatic rings. The monoisotopic (exact) mass is 243 g/mol. The van der Waals surface area contributed by atoms with Crippen molar-refractivity contribution in [1.29, 1.82) is 0 Å². The first-order valence-corrected chi connectivity index (χ1v) is 5.08. The van der Waals surface area contributed by atoms with Crippen LogP contribution in [-0.2, 0) is 6.61 Å². The zero-order chi connectivity index (χ0) is 9.84. The Morgan fingerprint density at radius 3 is 2.69 bits per heavy atom. The number of halogens is 1. The lowest BCUT2D eigenvalue weighted by Gasteiger charge is -2.20. The molecular formula is C10H14BrNO. The summed E-state index contributed by atoms with van der Waals surface area (Å²) in [5, 5.41) is 9.11. The number of rotatable bonds is 3. The molecule has 72 valence electrons. The second-order valence-corrected chi connectivity index (χ2v) is 3.86. The van der Waals surface area contributed by atoms with E-state index >= 15 is 0 Å². The highest BCUT2D eigenvalue weighted by atomic mass is 79.9. The first kappa shape index (κ1) is 10.5. The average Bonchev–Trinajstić information content (AvgIpc) is 2.16. The van der Waals surface area contributed by atoms with Gasteiger partial charge in [0.05, 0.1) is 6.61 Å². The van der Waals surface area contributed by atoms with Gasteiger partial charge in [-0.05, 0) is 19.1 Å². The fraction of sp³-hybridized carbons (Fsp3) is 0.400. The molecule has 0 aromatic heterocycles. The molecule has 0 saturated carbocycles. The minimum atomic E-state index is 0.0902. The van der Waals surface area contributed by atoms with E-state index in [9.17, 15) is 0 Å². The molecule has 1 N–H and O–H groups in total. The Morgan fingerprint density at radius 1 is 1.46 bits per heavy atom. The molecule has 0 heterocycles. The van der Waals surface area contributed by atoms with Gasteiger partial charge in [0.15, 0.2) is 0 Å². The number of nitrogens with zero attached hydrogens (tertiary/aromatic N) is 1. The van der Waals surface area contributed by atoms with Crippen molar-refractivity contribution in [2.24, 2.45) is 0 Å². The third-order valence-corrected chi connectivity index (χ3v) is 2.60. The molecule has 13 heavy (non-hydrogen) atoms. The van der Waals surface area contributed by atoms with Gasteiger partial charge in [0.25, 0.3) is 0 Å². The van der Waals surface area contributed by atoms with Gasteiger partial charge in [-0.3, -0.25) is 0 Å². The van der Waals surface area contributed by atoms with Gasteiger partial charge in [-0.25, -0.2) is 0 Å². The molecule has 0 amide bonds. The Morgan fingerprint density at radius 2 is 2.15 bits per heavy atom. The lowest BCUT2D eigenvalue weighted by atomic mass is 10.2. The van der Waals surface area contributed by atoms with E-state index in [4.69, 9.17) is 5.11 Å². The van der Waals surface area contributed by atoms with E-state index in [1.165, 1.54) is 0 Å². The van der Waals surface area contributed by atoms with E-state index in [0.717, 1.165) is 22.3 Å². The second-order valence-electron chi connectivity index (χ2n) is 2.95. The van der Waals surface area contributed by atoms with E-state index in [1.807, 2.05) is 25.2 Å². The van der Waals surface area contributed by atoms with Gasteiger partial charge in [-0.1, -0.05) is 22.0 Å². The number of hydrogen-bond acceptors (Lipinski definition) is 2. The molecule has 2 nitrogen and oxygen atoms in total. The normalized spacial score (nSPS) is 10.2. The SMILES string of the molecule is CCN(C)c1cc(Br)ccc1CO. The second kappa shape index (κ2) is 4.63. The van der Waals surface area contributed by atoms with E-state index < -0.39 is 0 Å². The Hall–Kier alpha value is -0.540. The smallest absolute Gasteiger partial charge is 0.0702 e. The molecule has 0 aliphatic rings. The Kier molecular flexibility index (Phi) is 3.75. The number of hydrogen-bond donors (Lipinski definition) is 1. The standard InChI is InChI=1S/C10H14BrNO/c1-3-12(2)10-6-9(11)5-4-8(10)7-13/h4-6,13H,3,7H2,1-2H3. The van der Waals surface area contributed by atoms with Crippen molar-refractivity contribution in [3.05, 3.63) is 28.2 Å². The van der Waals surface area contributed by atoms with Gasteiger partial charge in [0.2, 0.25) is 0 Å². The van der Waals surface area contributed by atoms with Crippen molar-refractivity contribution in [3.8, 4) is 0 Å². The summed E-state index contributed by atoms with van der Waals surface area (Å²) in [7, 11) is 2.01. The quantitative estimate of drug-likeness (QED) is 0.882. The van der Waals surface area contributed by atoms with Crippen LogP contribution in [0.25, 0.3) is 0 Å². The lowest BCUT2D eigenvalue weighted by Crippen LogP contribution is -2.17. The fourth-order valence-electron chi connectivity index (χ4n) is 1.20. The Bertz CT molecular complexity index is 288. The maximum absolute atomic E-state index is 9.11. The van der Waals surface area contributed by atoms with Crippen molar-refractivity contribution >= 4 is 21.6 Å². The molecule has 0 atom stereocenters. The Balaban J connectivity index is 3.07. The topological polar surface area (TPSA) is 23.5 Å². The summed E-state index contributed by atoms with van der Waals surface area (Å²) in [5.41, 5.74) is 2.05. The Labute approximate surface area is 87.3 Å². The summed E-state index contributed by atoms with van der Waals surface area (Å²) in [6.45, 7) is 3.11. The van der Waals surface area contributed by atoms with Gasteiger partial charge < -0.3 is 10.0 Å². The highest BCUT2D eigenvalue weighted by Crippen LogP contribution is 2.24. The number of aliphatic hydroxyl groups excluding tert-OH is 1. The van der Waals surface area contributed by atoms with Crippen LogP contribution in [0.1, 0.15) is 12.5 Å². The van der Waals surface area contributed by atoms with Gasteiger partial charge in [0, 0.05) is 29.3 Å². The van der Waals surface area contributed by atoms with Crippen LogP contribution in [0.2, 0.25) is 0 Å². The zero-order valence-corrected chi connectivity index (χ0v) is 9.50. The molecular weight excluding hydrogens is 230 g/mol. The molecule has 3 heteroatoms. The summed E-state index contributed by atoms with van der Waals surface area (Å²) >= 11 is 3.41. The van der Waals surface area contributed by atoms with Crippen molar-refractivity contribution < 1.29 is 5.11 Å². The van der Waals surface area contributed by atoms with Crippen molar-refractivity contribution in [3.63, 3.8) is 0 Å². The first-order chi connectivity index (χ1) is 6.19. The highest BCUT2D eigenvalue weighted by Gasteiger charge is 2.05. The molecule has 0 fully saturated rings. The highest BCUT2D eigenvalue weighted by molar-refractivity contribution is 9.10. The first-order valence-electron chi connectivity index (χ1n) is 4.29. The summed E-state index contributed by atoms with van der Waals surface area (Å²) in [4.78, 5) is 2.11. The van der Waals surface area contributed by atoms with E-state index in [0.29, 0.717) is 0 Å². The maximum atomic E-state index is 9.11. The van der Waals surface area contributed by atoms with E-state index in [2.05, 4.69) is 27.8 Å². The molecule has 0 spiro atoms. The summed E-state index contributed by atoms with van der Waals surface area (Å²) in [6, 6.07) is 5.90. The van der Waals surface area contributed by atoms with E-state index in [1.54, 1.807) is 0 Å². The van der Waals surface area contributed by atoms with Crippen LogP contribution in [0.5, 0.6) is 0 Å². The summed E-state index contributed by atoms with van der Waals surface area (Å²) in [6.07, 6.45) is 0. The zero-order valence-electron chi connectivity index (χ0n) is 7.92. The number of benzene rings is 1. The summed E-state index contributed by atoms with van der Waals surface area (Å²) in [5.74, 6) is 0. The molecule has 1 aromatic carbocycles. The van der Waals surface area contributed by atoms with Gasteiger partial charge in [-0.2, -0.15) is 0 Å². The van der Waals surface area contributed by atoms with Crippen molar-refractivity contribution in [2.45, 2.75) is 13.5 Å². The van der Waals surface area contributed by atoms with Crippen LogP contribution in [0.15, 0.2) is 22.7 Å². The third kappa shape index (κ3) is 2.45. The molecule has 0 aliphatic carbocycles. The molecule has 1 rings (SSSR count). The largest absolute Gasteiger partial charge is 0.392 e. The molecule has 0 saturated heterocycles. The minimum absolute atomic E-state index is 0.0902. The third-order valence-electron chi connectivity index (χ3n) is 2.10. The van der Waals surface area contributed by atoms with Crippen LogP contribution in [0.4, 0.5) is 5.69 Å². The molecule has 0 radical (unpaired) electrons. The van der Waals surface area contributed by atoms with Gasteiger partial charge in [0.1, 0.15) is 0 Å². The van der Waals surface area contributed by atoms with Crippen LogP contribution in [-0.4, -0.2) is 18.7 Å². The minimum Gasteiger partial charge on any atom is -0.392 e. The average molecular weight is 244 g/mol. The molecule has 0 aliphatic heterocycles. The fourth-order valence-corrected chi connectivity index (χ4v) is 1.55. The van der Waals surface area contributed by atoms with E-state index in [-0.39, 0.29) is 6.61 Å².